The van der Waals surface area contributed by atoms with E-state index in [1.165, 1.54) is 55.3 Å². The van der Waals surface area contributed by atoms with E-state index in [4.69, 9.17) is 21.3 Å². The van der Waals surface area contributed by atoms with Gasteiger partial charge < -0.3 is 19.9 Å². The predicted octanol–water partition coefficient (Wildman–Crippen LogP) is 5.35. The number of aromatic amines is 1. The maximum absolute atomic E-state index is 13.4. The number of rotatable bonds is 9. The van der Waals surface area contributed by atoms with Crippen LogP contribution in [0.4, 0.5) is 9.52 Å². The average Bonchev–Trinajstić information content (AvgIpc) is 3.38. The largest absolute Gasteiger partial charge is 0.486 e. The van der Waals surface area contributed by atoms with Gasteiger partial charge in [-0.15, -0.1) is 11.3 Å². The molecule has 3 aromatic heterocycles. The van der Waals surface area contributed by atoms with Crippen molar-refractivity contribution < 1.29 is 9.13 Å². The standard InChI is InChI=1S/C26H28ClFN6O2S/c1-2-9-34-10-6-16(7-11-34)13-30-26-31-21(15-37-26)24-23-18(5-8-29-24)25(35)33-22(32-23)14-36-17-3-4-20(28)19(27)12-17/h3-5,8,12,15-16H,2,6-7,9-11,13-14H2,1H3,(H,30,31)(H,32,33,35). The van der Waals surface area contributed by atoms with Crippen LogP contribution in [0.2, 0.25) is 5.02 Å². The fourth-order valence-corrected chi connectivity index (χ4v) is 5.39. The van der Waals surface area contributed by atoms with Crippen molar-refractivity contribution in [2.75, 3.05) is 31.5 Å². The summed E-state index contributed by atoms with van der Waals surface area (Å²) in [6.07, 6.45) is 5.17. The number of halogens is 2. The van der Waals surface area contributed by atoms with Crippen LogP contribution in [0.5, 0.6) is 5.75 Å². The Morgan fingerprint density at radius 1 is 1.27 bits per heavy atom. The number of thiazole rings is 1. The summed E-state index contributed by atoms with van der Waals surface area (Å²) < 4.78 is 19.1. The van der Waals surface area contributed by atoms with Crippen LogP contribution in [0.1, 0.15) is 32.0 Å². The second-order valence-corrected chi connectivity index (χ2v) is 10.4. The third-order valence-corrected chi connectivity index (χ3v) is 7.57. The van der Waals surface area contributed by atoms with Crippen molar-refractivity contribution in [2.45, 2.75) is 32.8 Å². The van der Waals surface area contributed by atoms with E-state index in [-0.39, 0.29) is 17.2 Å². The zero-order chi connectivity index (χ0) is 25.8. The first kappa shape index (κ1) is 25.6. The minimum atomic E-state index is -0.531. The molecule has 0 unspecified atom stereocenters. The Hall–Kier alpha value is -3.08. The van der Waals surface area contributed by atoms with Crippen LogP contribution in [-0.4, -0.2) is 51.0 Å². The quantitative estimate of drug-likeness (QED) is 0.294. The highest BCUT2D eigenvalue weighted by Crippen LogP contribution is 2.28. The Morgan fingerprint density at radius 2 is 2.11 bits per heavy atom. The maximum Gasteiger partial charge on any atom is 0.258 e. The number of hydrogen-bond donors (Lipinski definition) is 2. The number of piperidine rings is 1. The summed E-state index contributed by atoms with van der Waals surface area (Å²) in [6.45, 7) is 6.58. The van der Waals surface area contributed by atoms with Crippen molar-refractivity contribution in [1.82, 2.24) is 24.8 Å². The number of fused-ring (bicyclic) bond motifs is 1. The van der Waals surface area contributed by atoms with Gasteiger partial charge in [0, 0.05) is 24.2 Å². The lowest BCUT2D eigenvalue weighted by Gasteiger charge is -2.31. The van der Waals surface area contributed by atoms with Crippen molar-refractivity contribution in [1.29, 1.82) is 0 Å². The molecular weight excluding hydrogens is 515 g/mol. The van der Waals surface area contributed by atoms with Gasteiger partial charge >= 0.3 is 0 Å². The van der Waals surface area contributed by atoms with Gasteiger partial charge in [-0.25, -0.2) is 14.4 Å². The third kappa shape index (κ3) is 6.08. The second-order valence-electron chi connectivity index (χ2n) is 9.14. The summed E-state index contributed by atoms with van der Waals surface area (Å²) in [5, 5.41) is 6.61. The Kier molecular flexibility index (Phi) is 7.97. The van der Waals surface area contributed by atoms with Gasteiger partial charge in [0.15, 0.2) is 5.13 Å². The first-order chi connectivity index (χ1) is 18.0. The molecule has 1 fully saturated rings. The zero-order valence-electron chi connectivity index (χ0n) is 20.5. The molecule has 194 valence electrons. The summed E-state index contributed by atoms with van der Waals surface area (Å²) >= 11 is 7.34. The molecule has 0 radical (unpaired) electrons. The van der Waals surface area contributed by atoms with E-state index in [0.717, 1.165) is 24.8 Å². The van der Waals surface area contributed by atoms with Crippen LogP contribution in [-0.2, 0) is 6.61 Å². The van der Waals surface area contributed by atoms with Gasteiger partial charge in [0.2, 0.25) is 0 Å². The van der Waals surface area contributed by atoms with Gasteiger partial charge in [0.05, 0.1) is 10.4 Å². The van der Waals surface area contributed by atoms with Crippen LogP contribution < -0.4 is 15.6 Å². The van der Waals surface area contributed by atoms with Gasteiger partial charge in [-0.3, -0.25) is 9.78 Å². The Bertz CT molecular complexity index is 1440. The third-order valence-electron chi connectivity index (χ3n) is 6.48. The number of anilines is 1. The number of aromatic nitrogens is 4. The fourth-order valence-electron chi connectivity index (χ4n) is 4.51. The fraction of sp³-hybridized carbons (Fsp3) is 0.385. The van der Waals surface area contributed by atoms with Crippen molar-refractivity contribution >= 4 is 39.0 Å². The number of ether oxygens (including phenoxy) is 1. The van der Waals surface area contributed by atoms with E-state index >= 15 is 0 Å². The number of hydrogen-bond acceptors (Lipinski definition) is 8. The maximum atomic E-state index is 13.4. The first-order valence-corrected chi connectivity index (χ1v) is 13.6. The molecule has 5 rings (SSSR count). The lowest BCUT2D eigenvalue weighted by Crippen LogP contribution is -2.36. The number of nitrogens with one attached hydrogen (secondary N) is 2. The SMILES string of the molecule is CCCN1CCC(CNc2nc(-c3nccc4c(=O)[nH]c(COc5ccc(F)c(Cl)c5)nc34)cs2)CC1. The first-order valence-electron chi connectivity index (χ1n) is 12.4. The normalized spacial score (nSPS) is 14.8. The smallest absolute Gasteiger partial charge is 0.258 e. The van der Waals surface area contributed by atoms with Crippen molar-refractivity contribution in [3.05, 3.63) is 62.9 Å². The lowest BCUT2D eigenvalue weighted by molar-refractivity contribution is 0.190. The van der Waals surface area contributed by atoms with Gasteiger partial charge in [0.25, 0.3) is 5.56 Å². The van der Waals surface area contributed by atoms with Gasteiger partial charge in [0.1, 0.15) is 40.9 Å². The van der Waals surface area contributed by atoms with E-state index < -0.39 is 5.82 Å². The second kappa shape index (κ2) is 11.5. The molecule has 4 aromatic rings. The Morgan fingerprint density at radius 3 is 2.89 bits per heavy atom. The monoisotopic (exact) mass is 542 g/mol. The molecule has 8 nitrogen and oxygen atoms in total. The van der Waals surface area contributed by atoms with Crippen LogP contribution in [0.15, 0.2) is 40.6 Å². The molecule has 0 spiro atoms. The summed E-state index contributed by atoms with van der Waals surface area (Å²) in [5.41, 5.74) is 1.34. The molecule has 1 saturated heterocycles. The molecule has 37 heavy (non-hydrogen) atoms. The molecule has 1 aromatic carbocycles. The van der Waals surface area contributed by atoms with Crippen molar-refractivity contribution in [2.24, 2.45) is 5.92 Å². The van der Waals surface area contributed by atoms with Crippen LogP contribution in [0.25, 0.3) is 22.3 Å². The average molecular weight is 543 g/mol. The molecule has 4 heterocycles. The van der Waals surface area contributed by atoms with Crippen molar-refractivity contribution in [3.8, 4) is 17.1 Å². The van der Waals surface area contributed by atoms with Crippen LogP contribution in [0.3, 0.4) is 0 Å². The summed E-state index contributed by atoms with van der Waals surface area (Å²) in [7, 11) is 0. The number of nitrogens with zero attached hydrogens (tertiary/aromatic N) is 4. The molecular formula is C26H28ClFN6O2S. The summed E-state index contributed by atoms with van der Waals surface area (Å²) in [4.78, 5) is 31.9. The Labute approximate surface area is 222 Å². The number of benzene rings is 1. The highest BCUT2D eigenvalue weighted by molar-refractivity contribution is 7.14. The summed E-state index contributed by atoms with van der Waals surface area (Å²) in [6, 6.07) is 5.69. The van der Waals surface area contributed by atoms with E-state index in [2.05, 4.69) is 32.1 Å². The molecule has 11 heteroatoms. The molecule has 0 bridgehead atoms. The molecule has 1 aliphatic heterocycles. The van der Waals surface area contributed by atoms with Crippen LogP contribution >= 0.6 is 22.9 Å². The summed E-state index contributed by atoms with van der Waals surface area (Å²) in [5.74, 6) is 0.786. The van der Waals surface area contributed by atoms with Crippen molar-refractivity contribution in [3.63, 3.8) is 0 Å². The van der Waals surface area contributed by atoms with Crippen LogP contribution in [0, 0.1) is 11.7 Å². The van der Waals surface area contributed by atoms with E-state index in [1.807, 2.05) is 5.38 Å². The Balaban J connectivity index is 1.30. The lowest BCUT2D eigenvalue weighted by atomic mass is 9.97. The number of pyridine rings is 1. The number of H-pyrrole nitrogens is 1. The molecule has 0 amide bonds. The van der Waals surface area contributed by atoms with E-state index in [9.17, 15) is 9.18 Å². The molecule has 1 aliphatic rings. The minimum Gasteiger partial charge on any atom is -0.486 e. The molecule has 0 aliphatic carbocycles. The highest BCUT2D eigenvalue weighted by atomic mass is 35.5. The minimum absolute atomic E-state index is 0.0254. The molecule has 2 N–H and O–H groups in total. The van der Waals surface area contributed by atoms with Gasteiger partial charge in [-0.2, -0.15) is 0 Å². The van der Waals surface area contributed by atoms with Gasteiger partial charge in [-0.1, -0.05) is 18.5 Å². The van der Waals surface area contributed by atoms with E-state index in [1.54, 1.807) is 12.3 Å². The van der Waals surface area contributed by atoms with E-state index in [0.29, 0.717) is 39.8 Å². The molecule has 0 atom stereocenters. The molecule has 0 saturated carbocycles. The van der Waals surface area contributed by atoms with Gasteiger partial charge in [-0.05, 0) is 63.0 Å². The topological polar surface area (TPSA) is 96.0 Å². The predicted molar refractivity (Wildman–Crippen MR) is 145 cm³/mol. The number of likely N-dealkylation sites (tertiary alicyclic amines) is 1. The highest BCUT2D eigenvalue weighted by Gasteiger charge is 2.19. The zero-order valence-corrected chi connectivity index (χ0v) is 22.0.